The lowest BCUT2D eigenvalue weighted by molar-refractivity contribution is -0.000387. The van der Waals surface area contributed by atoms with E-state index in [-0.39, 0.29) is 26.0 Å². The van der Waals surface area contributed by atoms with Gasteiger partial charge >= 0.3 is 6.01 Å². The van der Waals surface area contributed by atoms with Crippen LogP contribution in [0.3, 0.4) is 0 Å². The van der Waals surface area contributed by atoms with E-state index in [9.17, 15) is 23.4 Å². The number of rotatable bonds is 9. The Balaban J connectivity index is 0.00000450. The van der Waals surface area contributed by atoms with Crippen LogP contribution in [0.5, 0.6) is 0 Å². The number of sulfonamides is 1. The maximum Gasteiger partial charge on any atom is 0.311 e. The molecule has 0 saturated carbocycles. The molecule has 11 nitrogen and oxygen atoms in total. The first-order valence-corrected chi connectivity index (χ1v) is 10.3. The van der Waals surface area contributed by atoms with Gasteiger partial charge in [-0.1, -0.05) is 0 Å². The lowest BCUT2D eigenvalue weighted by atomic mass is 9.97. The Morgan fingerprint density at radius 3 is 2.66 bits per heavy atom. The SMILES string of the molecule is CN(c1nc(C(=O)NC(Cc2ccncc2)C(O)C(O)CC#N)co1)S(C)(=O)=O.[HH]. The van der Waals surface area contributed by atoms with E-state index in [1.54, 1.807) is 18.2 Å². The van der Waals surface area contributed by atoms with Gasteiger partial charge in [0.15, 0.2) is 5.69 Å². The van der Waals surface area contributed by atoms with Gasteiger partial charge in [-0.05, 0) is 24.1 Å². The van der Waals surface area contributed by atoms with Crippen LogP contribution in [0.1, 0.15) is 23.9 Å². The largest absolute Gasteiger partial charge is 0.430 e. The molecular weight excluding hydrogens is 402 g/mol. The van der Waals surface area contributed by atoms with Crippen LogP contribution in [0.2, 0.25) is 0 Å². The van der Waals surface area contributed by atoms with Crippen LogP contribution in [0.15, 0.2) is 35.2 Å². The Hall–Kier alpha value is -3.01. The summed E-state index contributed by atoms with van der Waals surface area (Å²) in [6.45, 7) is 0. The molecule has 0 aromatic carbocycles. The summed E-state index contributed by atoms with van der Waals surface area (Å²) in [5.41, 5.74) is 0.517. The number of nitrogens with zero attached hydrogens (tertiary/aromatic N) is 4. The predicted octanol–water partition coefficient (Wildman–Crippen LogP) is -0.312. The number of aromatic nitrogens is 2. The minimum absolute atomic E-state index is 0. The highest BCUT2D eigenvalue weighted by atomic mass is 32.2. The number of hydrogen-bond donors (Lipinski definition) is 3. The van der Waals surface area contributed by atoms with E-state index in [2.05, 4.69) is 15.3 Å². The number of amides is 1. The third kappa shape index (κ3) is 5.98. The van der Waals surface area contributed by atoms with E-state index in [1.807, 2.05) is 0 Å². The third-order valence-corrected chi connectivity index (χ3v) is 5.27. The topological polar surface area (TPSA) is 170 Å². The van der Waals surface area contributed by atoms with Crippen LogP contribution in [0.25, 0.3) is 0 Å². The normalized spacial score (nSPS) is 14.4. The van der Waals surface area contributed by atoms with Crippen LogP contribution in [-0.4, -0.2) is 66.1 Å². The van der Waals surface area contributed by atoms with Crippen molar-refractivity contribution in [3.8, 4) is 6.07 Å². The summed E-state index contributed by atoms with van der Waals surface area (Å²) < 4.78 is 28.9. The van der Waals surface area contributed by atoms with Crippen molar-refractivity contribution in [2.75, 3.05) is 17.6 Å². The molecule has 1 amide bonds. The quantitative estimate of drug-likeness (QED) is 0.487. The number of carbonyl (C=O) groups is 1. The van der Waals surface area contributed by atoms with Gasteiger partial charge in [0.2, 0.25) is 10.0 Å². The van der Waals surface area contributed by atoms with E-state index in [1.165, 1.54) is 19.4 Å². The summed E-state index contributed by atoms with van der Waals surface area (Å²) in [6, 6.07) is 3.86. The molecule has 3 N–H and O–H groups in total. The first-order valence-electron chi connectivity index (χ1n) is 8.45. The summed E-state index contributed by atoms with van der Waals surface area (Å²) in [6.07, 6.45) is 2.02. The number of hydrogen-bond acceptors (Lipinski definition) is 9. The van der Waals surface area contributed by atoms with Gasteiger partial charge in [0.1, 0.15) is 12.4 Å². The molecule has 29 heavy (non-hydrogen) atoms. The number of pyridine rings is 1. The highest BCUT2D eigenvalue weighted by molar-refractivity contribution is 7.92. The zero-order valence-corrected chi connectivity index (χ0v) is 16.6. The van der Waals surface area contributed by atoms with Crippen LogP contribution >= 0.6 is 0 Å². The van der Waals surface area contributed by atoms with Gasteiger partial charge in [0, 0.05) is 20.9 Å². The monoisotopic (exact) mass is 425 g/mol. The van der Waals surface area contributed by atoms with Gasteiger partial charge < -0.3 is 19.9 Å². The highest BCUT2D eigenvalue weighted by Gasteiger charge is 2.29. The molecule has 3 atom stereocenters. The van der Waals surface area contributed by atoms with Crippen LogP contribution < -0.4 is 9.62 Å². The molecule has 0 radical (unpaired) electrons. The Bertz CT molecular complexity index is 978. The summed E-state index contributed by atoms with van der Waals surface area (Å²) in [4.78, 5) is 20.3. The van der Waals surface area contributed by atoms with E-state index in [4.69, 9.17) is 9.68 Å². The first-order chi connectivity index (χ1) is 13.6. The molecule has 0 aliphatic carbocycles. The standard InChI is InChI=1S/C17H21N5O6S.H2/c1-22(29(2,26)27)17-21-13(10-28-17)16(25)20-12(15(24)14(23)3-6-18)9-11-4-7-19-8-5-11;/h4-5,7-8,10,12,14-15,23-24H,3,9H2,1-2H3,(H,20,25);1H. The lowest BCUT2D eigenvalue weighted by Crippen LogP contribution is -2.49. The molecule has 158 valence electrons. The average Bonchev–Trinajstić information content (AvgIpc) is 3.16. The molecule has 12 heteroatoms. The van der Waals surface area contributed by atoms with Crippen LogP contribution in [0.4, 0.5) is 6.01 Å². The van der Waals surface area contributed by atoms with Crippen LogP contribution in [0, 0.1) is 11.3 Å². The Kier molecular flexibility index (Phi) is 7.27. The number of anilines is 1. The summed E-state index contributed by atoms with van der Waals surface area (Å²) in [5.74, 6) is -0.746. The van der Waals surface area contributed by atoms with Crippen molar-refractivity contribution in [1.29, 1.82) is 5.26 Å². The summed E-state index contributed by atoms with van der Waals surface area (Å²) in [5, 5.41) is 31.7. The maximum atomic E-state index is 12.5. The Morgan fingerprint density at radius 1 is 1.41 bits per heavy atom. The highest BCUT2D eigenvalue weighted by Crippen LogP contribution is 2.16. The predicted molar refractivity (Wildman–Crippen MR) is 103 cm³/mol. The molecule has 3 unspecified atom stereocenters. The molecule has 0 saturated heterocycles. The van der Waals surface area contributed by atoms with Crippen LogP contribution in [-0.2, 0) is 16.4 Å². The number of aliphatic hydroxyl groups is 2. The fraction of sp³-hybridized carbons (Fsp3) is 0.412. The molecule has 2 heterocycles. The summed E-state index contributed by atoms with van der Waals surface area (Å²) in [7, 11) is -2.41. The van der Waals surface area contributed by atoms with Crippen molar-refractivity contribution in [2.24, 2.45) is 0 Å². The summed E-state index contributed by atoms with van der Waals surface area (Å²) >= 11 is 0. The Morgan fingerprint density at radius 2 is 2.07 bits per heavy atom. The number of carbonyl (C=O) groups excluding carboxylic acids is 1. The van der Waals surface area contributed by atoms with Crippen molar-refractivity contribution in [1.82, 2.24) is 15.3 Å². The van der Waals surface area contributed by atoms with Crippen molar-refractivity contribution < 1.29 is 29.3 Å². The van der Waals surface area contributed by atoms with Gasteiger partial charge in [-0.2, -0.15) is 10.2 Å². The van der Waals surface area contributed by atoms with Crippen molar-refractivity contribution >= 4 is 21.9 Å². The number of nitrogens with one attached hydrogen (secondary N) is 1. The van der Waals surface area contributed by atoms with E-state index in [0.29, 0.717) is 0 Å². The molecule has 0 fully saturated rings. The second-order valence-corrected chi connectivity index (χ2v) is 8.32. The minimum Gasteiger partial charge on any atom is -0.430 e. The third-order valence-electron chi connectivity index (χ3n) is 4.12. The number of aliphatic hydroxyl groups excluding tert-OH is 2. The van der Waals surface area contributed by atoms with E-state index < -0.39 is 34.2 Å². The average molecular weight is 425 g/mol. The molecule has 2 aromatic rings. The molecule has 2 aromatic heterocycles. The molecule has 0 bridgehead atoms. The maximum absolute atomic E-state index is 12.5. The fourth-order valence-electron chi connectivity index (χ4n) is 2.41. The van der Waals surface area contributed by atoms with E-state index >= 15 is 0 Å². The number of oxazole rings is 1. The van der Waals surface area contributed by atoms with Crippen molar-refractivity contribution in [3.63, 3.8) is 0 Å². The van der Waals surface area contributed by atoms with Gasteiger partial charge in [-0.25, -0.2) is 12.7 Å². The molecule has 0 aliphatic rings. The molecule has 0 aliphatic heterocycles. The lowest BCUT2D eigenvalue weighted by Gasteiger charge is -2.26. The molecule has 0 spiro atoms. The molecular formula is C17H23N5O6S. The van der Waals surface area contributed by atoms with Crippen molar-refractivity contribution in [3.05, 3.63) is 42.0 Å². The van der Waals surface area contributed by atoms with Gasteiger partial charge in [0.25, 0.3) is 5.91 Å². The zero-order valence-electron chi connectivity index (χ0n) is 15.8. The second-order valence-electron chi connectivity index (χ2n) is 6.31. The second kappa shape index (κ2) is 9.46. The smallest absolute Gasteiger partial charge is 0.311 e. The number of nitriles is 1. The van der Waals surface area contributed by atoms with Crippen molar-refractivity contribution in [2.45, 2.75) is 31.1 Å². The first kappa shape index (κ1) is 22.3. The fourth-order valence-corrected chi connectivity index (χ4v) is 2.78. The van der Waals surface area contributed by atoms with Gasteiger partial charge in [-0.3, -0.25) is 9.78 Å². The Labute approximate surface area is 169 Å². The van der Waals surface area contributed by atoms with Gasteiger partial charge in [0.05, 0.1) is 30.9 Å². The van der Waals surface area contributed by atoms with E-state index in [0.717, 1.165) is 22.4 Å². The molecule has 2 rings (SSSR count). The zero-order chi connectivity index (χ0) is 21.6. The van der Waals surface area contributed by atoms with Gasteiger partial charge in [-0.15, -0.1) is 0 Å². The minimum atomic E-state index is -3.63.